The first-order chi connectivity index (χ1) is 11.8. The SMILES string of the molecule is COC(=O)C1(NC(=O)c2ccc(OCC(F)(F)F)nc2)CCCCC1. The molecular weight excluding hydrogens is 341 g/mol. The number of nitrogens with one attached hydrogen (secondary N) is 1. The minimum Gasteiger partial charge on any atom is -0.468 e. The molecule has 0 atom stereocenters. The lowest BCUT2D eigenvalue weighted by molar-refractivity contribution is -0.154. The summed E-state index contributed by atoms with van der Waals surface area (Å²) >= 11 is 0. The summed E-state index contributed by atoms with van der Waals surface area (Å²) in [5.74, 6) is -1.28. The summed E-state index contributed by atoms with van der Waals surface area (Å²) in [5.41, 5.74) is -0.955. The van der Waals surface area contributed by atoms with Crippen molar-refractivity contribution in [2.75, 3.05) is 13.7 Å². The summed E-state index contributed by atoms with van der Waals surface area (Å²) in [6.07, 6.45) is 0.148. The van der Waals surface area contributed by atoms with Gasteiger partial charge in [-0.3, -0.25) is 4.79 Å². The molecule has 1 N–H and O–H groups in total. The van der Waals surface area contributed by atoms with Crippen molar-refractivity contribution >= 4 is 11.9 Å². The molecule has 0 saturated heterocycles. The van der Waals surface area contributed by atoms with E-state index in [1.165, 1.54) is 19.2 Å². The van der Waals surface area contributed by atoms with Gasteiger partial charge in [-0.15, -0.1) is 0 Å². The van der Waals surface area contributed by atoms with Crippen molar-refractivity contribution in [1.82, 2.24) is 10.3 Å². The Morgan fingerprint density at radius 3 is 2.44 bits per heavy atom. The van der Waals surface area contributed by atoms with Gasteiger partial charge in [0, 0.05) is 12.3 Å². The molecule has 1 amide bonds. The van der Waals surface area contributed by atoms with Crippen molar-refractivity contribution in [3.63, 3.8) is 0 Å². The number of rotatable bonds is 5. The third kappa shape index (κ3) is 5.07. The lowest BCUT2D eigenvalue weighted by Gasteiger charge is -2.35. The second-order valence-electron chi connectivity index (χ2n) is 5.88. The van der Waals surface area contributed by atoms with Gasteiger partial charge in [-0.05, 0) is 18.9 Å². The quantitative estimate of drug-likeness (QED) is 0.817. The maximum absolute atomic E-state index is 12.4. The fourth-order valence-corrected chi connectivity index (χ4v) is 2.78. The number of hydrogen-bond acceptors (Lipinski definition) is 5. The van der Waals surface area contributed by atoms with E-state index in [0.29, 0.717) is 12.8 Å². The number of esters is 1. The normalized spacial score (nSPS) is 16.8. The smallest absolute Gasteiger partial charge is 0.422 e. The van der Waals surface area contributed by atoms with Crippen molar-refractivity contribution in [2.45, 2.75) is 43.8 Å². The maximum Gasteiger partial charge on any atom is 0.422 e. The first-order valence-corrected chi connectivity index (χ1v) is 7.82. The highest BCUT2D eigenvalue weighted by Crippen LogP contribution is 2.29. The van der Waals surface area contributed by atoms with Crippen molar-refractivity contribution in [1.29, 1.82) is 0 Å². The summed E-state index contributed by atoms with van der Waals surface area (Å²) in [7, 11) is 1.26. The number of amides is 1. The number of ether oxygens (including phenoxy) is 2. The van der Waals surface area contributed by atoms with E-state index in [2.05, 4.69) is 15.0 Å². The molecule has 25 heavy (non-hydrogen) atoms. The van der Waals surface area contributed by atoms with E-state index in [1.54, 1.807) is 0 Å². The zero-order valence-electron chi connectivity index (χ0n) is 13.7. The van der Waals surface area contributed by atoms with Gasteiger partial charge in [0.25, 0.3) is 5.91 Å². The summed E-state index contributed by atoms with van der Waals surface area (Å²) < 4.78 is 45.6. The highest BCUT2D eigenvalue weighted by atomic mass is 19.4. The van der Waals surface area contributed by atoms with Crippen LogP contribution in [0.15, 0.2) is 18.3 Å². The van der Waals surface area contributed by atoms with Crippen LogP contribution < -0.4 is 10.1 Å². The summed E-state index contributed by atoms with van der Waals surface area (Å²) in [4.78, 5) is 28.2. The lowest BCUT2D eigenvalue weighted by atomic mass is 9.81. The number of alkyl halides is 3. The minimum absolute atomic E-state index is 0.119. The molecule has 1 aromatic rings. The maximum atomic E-state index is 12.4. The van der Waals surface area contributed by atoms with Crippen molar-refractivity contribution in [2.24, 2.45) is 0 Å². The number of pyridine rings is 1. The van der Waals surface area contributed by atoms with Crippen LogP contribution in [-0.2, 0) is 9.53 Å². The molecule has 1 aliphatic carbocycles. The Hall–Kier alpha value is -2.32. The van der Waals surface area contributed by atoms with Gasteiger partial charge < -0.3 is 14.8 Å². The summed E-state index contributed by atoms with van der Waals surface area (Å²) in [6, 6.07) is 2.47. The second-order valence-corrected chi connectivity index (χ2v) is 5.88. The van der Waals surface area contributed by atoms with Gasteiger partial charge in [0.1, 0.15) is 5.54 Å². The molecule has 0 spiro atoms. The van der Waals surface area contributed by atoms with Gasteiger partial charge in [0.05, 0.1) is 12.7 Å². The predicted molar refractivity (Wildman–Crippen MR) is 81.1 cm³/mol. The van der Waals surface area contributed by atoms with Crippen LogP contribution in [0.1, 0.15) is 42.5 Å². The zero-order valence-corrected chi connectivity index (χ0v) is 13.7. The van der Waals surface area contributed by atoms with Crippen LogP contribution in [0.25, 0.3) is 0 Å². The Morgan fingerprint density at radius 2 is 1.92 bits per heavy atom. The Kier molecular flexibility index (Phi) is 5.86. The first-order valence-electron chi connectivity index (χ1n) is 7.82. The molecule has 1 fully saturated rings. The molecule has 0 unspecified atom stereocenters. The molecule has 0 aromatic carbocycles. The molecular formula is C16H19F3N2O4. The van der Waals surface area contributed by atoms with Crippen LogP contribution >= 0.6 is 0 Å². The second kappa shape index (κ2) is 7.71. The highest BCUT2D eigenvalue weighted by Gasteiger charge is 2.42. The molecule has 0 radical (unpaired) electrons. The van der Waals surface area contributed by atoms with E-state index in [9.17, 15) is 22.8 Å². The van der Waals surface area contributed by atoms with E-state index in [1.807, 2.05) is 0 Å². The standard InChI is InChI=1S/C16H19F3N2O4/c1-24-14(23)15(7-3-2-4-8-15)21-13(22)11-5-6-12(20-9-11)25-10-16(17,18)19/h5-6,9H,2-4,7-8,10H2,1H3,(H,21,22). The molecule has 1 aliphatic rings. The van der Waals surface area contributed by atoms with Gasteiger partial charge in [0.2, 0.25) is 5.88 Å². The van der Waals surface area contributed by atoms with E-state index >= 15 is 0 Å². The minimum atomic E-state index is -4.47. The Balaban J connectivity index is 2.05. The number of aromatic nitrogens is 1. The van der Waals surface area contributed by atoms with Crippen LogP contribution in [-0.4, -0.2) is 42.3 Å². The van der Waals surface area contributed by atoms with E-state index in [4.69, 9.17) is 4.74 Å². The van der Waals surface area contributed by atoms with Crippen LogP contribution in [0.3, 0.4) is 0 Å². The number of methoxy groups -OCH3 is 1. The fourth-order valence-electron chi connectivity index (χ4n) is 2.78. The van der Waals surface area contributed by atoms with Crippen molar-refractivity contribution < 1.29 is 32.2 Å². The number of halogens is 3. The van der Waals surface area contributed by atoms with E-state index in [-0.39, 0.29) is 11.4 Å². The molecule has 1 aromatic heterocycles. The number of carbonyl (C=O) groups is 2. The number of hydrogen-bond donors (Lipinski definition) is 1. The number of carbonyl (C=O) groups excluding carboxylic acids is 2. The molecule has 0 aliphatic heterocycles. The average molecular weight is 360 g/mol. The zero-order chi connectivity index (χ0) is 18.5. The molecule has 1 saturated carbocycles. The average Bonchev–Trinajstić information content (AvgIpc) is 2.59. The van der Waals surface area contributed by atoms with Crippen LogP contribution in [0.4, 0.5) is 13.2 Å². The van der Waals surface area contributed by atoms with Gasteiger partial charge in [-0.1, -0.05) is 19.3 Å². The topological polar surface area (TPSA) is 77.5 Å². The lowest BCUT2D eigenvalue weighted by Crippen LogP contribution is -2.56. The molecule has 1 heterocycles. The highest BCUT2D eigenvalue weighted by molar-refractivity contribution is 5.98. The van der Waals surface area contributed by atoms with Crippen LogP contribution in [0.5, 0.6) is 5.88 Å². The third-order valence-electron chi connectivity index (χ3n) is 4.02. The summed E-state index contributed by atoms with van der Waals surface area (Å²) in [6.45, 7) is -1.46. The van der Waals surface area contributed by atoms with Crippen LogP contribution in [0, 0.1) is 0 Å². The van der Waals surface area contributed by atoms with E-state index < -0.39 is 30.2 Å². The predicted octanol–water partition coefficient (Wildman–Crippen LogP) is 2.63. The van der Waals surface area contributed by atoms with Gasteiger partial charge in [0.15, 0.2) is 6.61 Å². The Bertz CT molecular complexity index is 611. The molecule has 6 nitrogen and oxygen atoms in total. The number of nitrogens with zero attached hydrogens (tertiary/aromatic N) is 1. The molecule has 9 heteroatoms. The van der Waals surface area contributed by atoms with Crippen LogP contribution in [0.2, 0.25) is 0 Å². The monoisotopic (exact) mass is 360 g/mol. The molecule has 0 bridgehead atoms. The third-order valence-corrected chi connectivity index (χ3v) is 4.02. The molecule has 2 rings (SSSR count). The summed E-state index contributed by atoms with van der Waals surface area (Å²) in [5, 5.41) is 2.70. The van der Waals surface area contributed by atoms with Crippen molar-refractivity contribution in [3.8, 4) is 5.88 Å². The molecule has 138 valence electrons. The van der Waals surface area contributed by atoms with Gasteiger partial charge >= 0.3 is 12.1 Å². The largest absolute Gasteiger partial charge is 0.468 e. The first kappa shape index (κ1) is 19.0. The van der Waals surface area contributed by atoms with E-state index in [0.717, 1.165) is 25.5 Å². The van der Waals surface area contributed by atoms with Crippen molar-refractivity contribution in [3.05, 3.63) is 23.9 Å². The fraction of sp³-hybridized carbons (Fsp3) is 0.562. The van der Waals surface area contributed by atoms with Gasteiger partial charge in [-0.25, -0.2) is 9.78 Å². The van der Waals surface area contributed by atoms with Gasteiger partial charge in [-0.2, -0.15) is 13.2 Å². The Labute approximate surface area is 142 Å². The Morgan fingerprint density at radius 1 is 1.24 bits per heavy atom.